The van der Waals surface area contributed by atoms with Crippen molar-refractivity contribution in [1.82, 2.24) is 20.2 Å². The molecule has 1 fully saturated rings. The molecule has 4 N–H and O–H groups in total. The van der Waals surface area contributed by atoms with Gasteiger partial charge in [-0.3, -0.25) is 14.5 Å². The van der Waals surface area contributed by atoms with Crippen LogP contribution in [0.1, 0.15) is 13.8 Å². The SMILES string of the molecule is CC(C)S(=O)(=O)c1sccc1Nc1nc(Nc2cccc(NC(=O)CN3CCNC(=O)C3)c2)ncc1Cl. The third-order valence-electron chi connectivity index (χ3n) is 5.39. The molecule has 1 aliphatic rings. The number of hydrogen-bond donors (Lipinski definition) is 4. The number of amides is 2. The van der Waals surface area contributed by atoms with Crippen molar-refractivity contribution in [1.29, 1.82) is 0 Å². The highest BCUT2D eigenvalue weighted by Crippen LogP contribution is 2.34. The van der Waals surface area contributed by atoms with Crippen molar-refractivity contribution in [3.8, 4) is 0 Å². The van der Waals surface area contributed by atoms with Gasteiger partial charge in [-0.05, 0) is 43.5 Å². The molecule has 1 aromatic carbocycles. The van der Waals surface area contributed by atoms with Crippen LogP contribution in [-0.2, 0) is 19.4 Å². The fraction of sp³-hybridized carbons (Fsp3) is 0.304. The lowest BCUT2D eigenvalue weighted by atomic mass is 10.2. The fourth-order valence-corrected chi connectivity index (χ4v) is 6.35. The van der Waals surface area contributed by atoms with Crippen molar-refractivity contribution in [2.45, 2.75) is 23.3 Å². The number of sulfone groups is 1. The third kappa shape index (κ3) is 6.74. The Kier molecular flexibility index (Phi) is 8.27. The number of hydrogen-bond acceptors (Lipinski definition) is 10. The molecular formula is C23H26ClN7O4S2. The number of nitrogens with zero attached hydrogens (tertiary/aromatic N) is 3. The molecule has 2 aromatic heterocycles. The van der Waals surface area contributed by atoms with E-state index in [2.05, 4.69) is 31.2 Å². The zero-order valence-electron chi connectivity index (χ0n) is 20.1. The summed E-state index contributed by atoms with van der Waals surface area (Å²) in [6, 6.07) is 8.67. The minimum Gasteiger partial charge on any atom is -0.354 e. The van der Waals surface area contributed by atoms with Gasteiger partial charge in [0.25, 0.3) is 0 Å². The summed E-state index contributed by atoms with van der Waals surface area (Å²) in [4.78, 5) is 34.3. The molecule has 37 heavy (non-hydrogen) atoms. The summed E-state index contributed by atoms with van der Waals surface area (Å²) in [5, 5.41) is 13.0. The van der Waals surface area contributed by atoms with Crippen molar-refractivity contribution in [2.24, 2.45) is 0 Å². The lowest BCUT2D eigenvalue weighted by Crippen LogP contribution is -2.49. The maximum atomic E-state index is 12.7. The van der Waals surface area contributed by atoms with E-state index in [1.807, 2.05) is 0 Å². The van der Waals surface area contributed by atoms with Gasteiger partial charge in [0, 0.05) is 24.5 Å². The molecule has 196 valence electrons. The van der Waals surface area contributed by atoms with Gasteiger partial charge in [0.05, 0.1) is 30.2 Å². The number of nitrogens with one attached hydrogen (secondary N) is 4. The molecule has 0 aliphatic carbocycles. The lowest BCUT2D eigenvalue weighted by Gasteiger charge is -2.25. The first-order chi connectivity index (χ1) is 17.6. The van der Waals surface area contributed by atoms with Crippen molar-refractivity contribution < 1.29 is 18.0 Å². The van der Waals surface area contributed by atoms with Crippen molar-refractivity contribution in [3.63, 3.8) is 0 Å². The van der Waals surface area contributed by atoms with Crippen LogP contribution < -0.4 is 21.3 Å². The first kappa shape index (κ1) is 26.8. The number of thiophene rings is 1. The predicted molar refractivity (Wildman–Crippen MR) is 145 cm³/mol. The number of benzene rings is 1. The lowest BCUT2D eigenvalue weighted by molar-refractivity contribution is -0.125. The number of anilines is 5. The number of carbonyl (C=O) groups is 2. The van der Waals surface area contributed by atoms with E-state index in [1.165, 1.54) is 6.20 Å². The summed E-state index contributed by atoms with van der Waals surface area (Å²) in [6.07, 6.45) is 1.41. The molecule has 1 aliphatic heterocycles. The Morgan fingerprint density at radius 3 is 2.78 bits per heavy atom. The molecule has 0 radical (unpaired) electrons. The molecule has 11 nitrogen and oxygen atoms in total. The molecule has 14 heteroatoms. The van der Waals surface area contributed by atoms with Crippen LogP contribution in [0.4, 0.5) is 28.8 Å². The highest BCUT2D eigenvalue weighted by Gasteiger charge is 2.25. The van der Waals surface area contributed by atoms with Gasteiger partial charge in [0.1, 0.15) is 9.23 Å². The topological polar surface area (TPSA) is 145 Å². The molecule has 4 rings (SSSR count). The molecule has 3 heterocycles. The normalized spacial score (nSPS) is 14.3. The van der Waals surface area contributed by atoms with E-state index >= 15 is 0 Å². The first-order valence-electron chi connectivity index (χ1n) is 11.4. The van der Waals surface area contributed by atoms with E-state index in [1.54, 1.807) is 54.5 Å². The Labute approximate surface area is 223 Å². The molecule has 0 saturated carbocycles. The zero-order chi connectivity index (χ0) is 26.6. The van der Waals surface area contributed by atoms with Gasteiger partial charge in [-0.1, -0.05) is 17.7 Å². The number of piperazine rings is 1. The van der Waals surface area contributed by atoms with Crippen molar-refractivity contribution in [3.05, 3.63) is 46.9 Å². The summed E-state index contributed by atoms with van der Waals surface area (Å²) in [7, 11) is -3.49. The van der Waals surface area contributed by atoms with E-state index in [4.69, 9.17) is 11.6 Å². The smallest absolute Gasteiger partial charge is 0.238 e. The molecule has 2 amide bonds. The van der Waals surface area contributed by atoms with Gasteiger partial charge in [-0.25, -0.2) is 13.4 Å². The van der Waals surface area contributed by atoms with E-state index in [9.17, 15) is 18.0 Å². The molecule has 0 atom stereocenters. The molecule has 0 unspecified atom stereocenters. The number of carbonyl (C=O) groups excluding carboxylic acids is 2. The van der Waals surface area contributed by atoms with Crippen LogP contribution in [0.2, 0.25) is 5.02 Å². The van der Waals surface area contributed by atoms with Gasteiger partial charge in [0.15, 0.2) is 15.7 Å². The minimum atomic E-state index is -3.49. The predicted octanol–water partition coefficient (Wildman–Crippen LogP) is 3.23. The summed E-state index contributed by atoms with van der Waals surface area (Å²) >= 11 is 7.40. The first-order valence-corrected chi connectivity index (χ1v) is 14.2. The molecule has 3 aromatic rings. The summed E-state index contributed by atoms with van der Waals surface area (Å²) in [6.45, 7) is 4.68. The number of rotatable bonds is 9. The van der Waals surface area contributed by atoms with E-state index in [0.717, 1.165) is 11.3 Å². The molecule has 0 bridgehead atoms. The summed E-state index contributed by atoms with van der Waals surface area (Å²) in [5.41, 5.74) is 1.56. The summed E-state index contributed by atoms with van der Waals surface area (Å²) < 4.78 is 25.6. The monoisotopic (exact) mass is 563 g/mol. The Morgan fingerprint density at radius 1 is 1.24 bits per heavy atom. The third-order valence-corrected chi connectivity index (χ3v) is 9.34. The van der Waals surface area contributed by atoms with E-state index in [-0.39, 0.29) is 45.9 Å². The van der Waals surface area contributed by atoms with Crippen LogP contribution >= 0.6 is 22.9 Å². The van der Waals surface area contributed by atoms with Crippen molar-refractivity contribution in [2.75, 3.05) is 42.1 Å². The average Bonchev–Trinajstić information content (AvgIpc) is 3.30. The zero-order valence-corrected chi connectivity index (χ0v) is 22.5. The number of aromatic nitrogens is 2. The van der Waals surface area contributed by atoms with Crippen molar-refractivity contribution >= 4 is 73.4 Å². The maximum Gasteiger partial charge on any atom is 0.238 e. The van der Waals surface area contributed by atoms with Gasteiger partial charge in [-0.15, -0.1) is 11.3 Å². The average molecular weight is 564 g/mol. The van der Waals surface area contributed by atoms with Gasteiger partial charge < -0.3 is 21.3 Å². The second-order valence-corrected chi connectivity index (χ2v) is 12.6. The highest BCUT2D eigenvalue weighted by atomic mass is 35.5. The van der Waals surface area contributed by atoms with Gasteiger partial charge >= 0.3 is 0 Å². The number of halogens is 1. The van der Waals surface area contributed by atoms with Crippen LogP contribution in [0, 0.1) is 0 Å². The van der Waals surface area contributed by atoms with Crippen LogP contribution in [0.25, 0.3) is 0 Å². The van der Waals surface area contributed by atoms with Crippen LogP contribution in [0.5, 0.6) is 0 Å². The Bertz CT molecular complexity index is 1410. The van der Waals surface area contributed by atoms with Crippen LogP contribution in [-0.4, -0.2) is 66.5 Å². The molecule has 1 saturated heterocycles. The van der Waals surface area contributed by atoms with Crippen LogP contribution in [0.3, 0.4) is 0 Å². The largest absolute Gasteiger partial charge is 0.354 e. The Morgan fingerprint density at radius 2 is 2.03 bits per heavy atom. The van der Waals surface area contributed by atoms with Gasteiger partial charge in [-0.2, -0.15) is 4.98 Å². The second-order valence-electron chi connectivity index (χ2n) is 8.55. The molecular weight excluding hydrogens is 538 g/mol. The minimum absolute atomic E-state index is 0.0983. The van der Waals surface area contributed by atoms with E-state index < -0.39 is 15.1 Å². The van der Waals surface area contributed by atoms with E-state index in [0.29, 0.717) is 30.2 Å². The maximum absolute atomic E-state index is 12.7. The fourth-order valence-electron chi connectivity index (χ4n) is 3.50. The Balaban J connectivity index is 1.45. The standard InChI is InChI=1S/C23H26ClN7O4S2/c1-14(2)37(34,35)22-18(6-9-36-22)29-21-17(24)11-26-23(30-21)28-16-5-3-4-15(10-16)27-20(33)13-31-8-7-25-19(32)12-31/h3-6,9-11,14H,7-8,12-13H2,1-2H3,(H,25,32)(H,27,33)(H2,26,28,29,30). The second kappa shape index (κ2) is 11.4. The Hall–Kier alpha value is -3.26. The highest BCUT2D eigenvalue weighted by molar-refractivity contribution is 7.94. The summed E-state index contributed by atoms with van der Waals surface area (Å²) in [5.74, 6) is 0.133. The quantitative estimate of drug-likeness (QED) is 0.308. The van der Waals surface area contributed by atoms with Crippen LogP contribution in [0.15, 0.2) is 46.1 Å². The van der Waals surface area contributed by atoms with Gasteiger partial charge in [0.2, 0.25) is 17.8 Å². The molecule has 0 spiro atoms.